The van der Waals surface area contributed by atoms with Gasteiger partial charge in [-0.05, 0) is 67.3 Å². The van der Waals surface area contributed by atoms with E-state index >= 15 is 0 Å². The molecule has 0 aliphatic heterocycles. The van der Waals surface area contributed by atoms with E-state index in [2.05, 4.69) is 22.1 Å². The summed E-state index contributed by atoms with van der Waals surface area (Å²) < 4.78 is 32.5. The second kappa shape index (κ2) is 11.8. The summed E-state index contributed by atoms with van der Waals surface area (Å²) in [7, 11) is 0. The van der Waals surface area contributed by atoms with E-state index in [1.807, 2.05) is 44.2 Å². The molecule has 2 aromatic heterocycles. The number of aromatic nitrogens is 2. The van der Waals surface area contributed by atoms with Gasteiger partial charge in [-0.15, -0.1) is 0 Å². The fourth-order valence-corrected chi connectivity index (χ4v) is 4.55. The first kappa shape index (κ1) is 25.4. The van der Waals surface area contributed by atoms with Crippen molar-refractivity contribution in [1.29, 1.82) is 0 Å². The van der Waals surface area contributed by atoms with Crippen LogP contribution in [-0.4, -0.2) is 27.3 Å². The van der Waals surface area contributed by atoms with Gasteiger partial charge >= 0.3 is 0 Å². The van der Waals surface area contributed by atoms with Gasteiger partial charge in [0.2, 0.25) is 0 Å². The molecule has 0 spiro atoms. The van der Waals surface area contributed by atoms with Crippen LogP contribution in [0.4, 0.5) is 8.78 Å². The van der Waals surface area contributed by atoms with Crippen LogP contribution < -0.4 is 0 Å². The smallest absolute Gasteiger partial charge is 0.144 e. The summed E-state index contributed by atoms with van der Waals surface area (Å²) in [5.41, 5.74) is 4.61. The second-order valence-electron chi connectivity index (χ2n) is 9.52. The summed E-state index contributed by atoms with van der Waals surface area (Å²) in [5.74, 6) is 0.321. The average Bonchev–Trinajstić information content (AvgIpc) is 2.83. The molecule has 2 aliphatic rings. The molecule has 35 heavy (non-hydrogen) atoms. The highest BCUT2D eigenvalue weighted by atomic mass is 19.1. The maximum Gasteiger partial charge on any atom is 0.144 e. The molecule has 6 heteroatoms. The quantitative estimate of drug-likeness (QED) is 0.433. The molecule has 2 aliphatic carbocycles. The van der Waals surface area contributed by atoms with Crippen LogP contribution in [0, 0.1) is 11.6 Å². The minimum atomic E-state index is -0.226. The molecule has 186 valence electrons. The number of nitrogens with zero attached hydrogens (tertiary/aromatic N) is 2. The van der Waals surface area contributed by atoms with Crippen molar-refractivity contribution in [1.82, 2.24) is 9.97 Å². The van der Waals surface area contributed by atoms with Crippen molar-refractivity contribution in [2.24, 2.45) is 0 Å². The lowest BCUT2D eigenvalue weighted by molar-refractivity contribution is -0.0215. The highest BCUT2D eigenvalue weighted by Gasteiger charge is 2.32. The van der Waals surface area contributed by atoms with Crippen LogP contribution in [0.15, 0.2) is 54.9 Å². The van der Waals surface area contributed by atoms with Crippen molar-refractivity contribution in [2.45, 2.75) is 83.0 Å². The molecule has 2 saturated carbocycles. The number of ether oxygens (including phenoxy) is 1. The number of benzene rings is 1. The first-order chi connectivity index (χ1) is 17.0. The van der Waals surface area contributed by atoms with Crippen molar-refractivity contribution < 1.29 is 18.6 Å². The number of hydrogen-bond donors (Lipinski definition) is 1. The van der Waals surface area contributed by atoms with Gasteiger partial charge in [0.15, 0.2) is 0 Å². The predicted molar refractivity (Wildman–Crippen MR) is 132 cm³/mol. The van der Waals surface area contributed by atoms with E-state index in [9.17, 15) is 8.78 Å². The molecule has 3 aromatic rings. The van der Waals surface area contributed by atoms with Gasteiger partial charge in [-0.3, -0.25) is 9.97 Å². The Kier molecular flexibility index (Phi) is 8.58. The fourth-order valence-electron chi connectivity index (χ4n) is 4.55. The Labute approximate surface area is 206 Å². The zero-order chi connectivity index (χ0) is 24.8. The van der Waals surface area contributed by atoms with Crippen molar-refractivity contribution in [3.63, 3.8) is 0 Å². The molecule has 0 bridgehead atoms. The van der Waals surface area contributed by atoms with Gasteiger partial charge in [0.05, 0.1) is 31.2 Å². The van der Waals surface area contributed by atoms with Crippen molar-refractivity contribution in [2.75, 3.05) is 0 Å². The van der Waals surface area contributed by atoms with Gasteiger partial charge in [0, 0.05) is 23.2 Å². The highest BCUT2D eigenvalue weighted by molar-refractivity contribution is 5.24. The lowest BCUT2D eigenvalue weighted by Crippen LogP contribution is -2.30. The van der Waals surface area contributed by atoms with Crippen LogP contribution in [0.2, 0.25) is 0 Å². The van der Waals surface area contributed by atoms with Gasteiger partial charge in [-0.2, -0.15) is 0 Å². The lowest BCUT2D eigenvalue weighted by atomic mass is 9.79. The normalized spacial score (nSPS) is 23.0. The van der Waals surface area contributed by atoms with E-state index in [1.165, 1.54) is 18.0 Å². The van der Waals surface area contributed by atoms with E-state index in [0.717, 1.165) is 48.2 Å². The van der Waals surface area contributed by atoms with Gasteiger partial charge in [-0.25, -0.2) is 8.78 Å². The number of aliphatic hydroxyl groups excluding tert-OH is 1. The Morgan fingerprint density at radius 3 is 1.83 bits per heavy atom. The summed E-state index contributed by atoms with van der Waals surface area (Å²) in [4.78, 5) is 8.29. The highest BCUT2D eigenvalue weighted by Crippen LogP contribution is 2.38. The Morgan fingerprint density at radius 1 is 0.829 bits per heavy atom. The third kappa shape index (κ3) is 6.50. The number of aliphatic hydroxyl groups is 1. The Morgan fingerprint density at radius 2 is 1.34 bits per heavy atom. The zero-order valence-electron chi connectivity index (χ0n) is 20.5. The molecule has 4 nitrogen and oxygen atoms in total. The first-order valence-electron chi connectivity index (χ1n) is 12.6. The Hall–Kier alpha value is -2.70. The van der Waals surface area contributed by atoms with Gasteiger partial charge in [-0.1, -0.05) is 44.2 Å². The van der Waals surface area contributed by atoms with E-state index in [-0.39, 0.29) is 17.7 Å². The number of rotatable bonds is 7. The minimum absolute atomic E-state index is 0.183. The SMILES string of the molecule is CCc1cc(C2CC(O)C2)ncc1F.CCc1cc(C2CC(OCc3ccccc3)C2)ncc1F. The van der Waals surface area contributed by atoms with Crippen molar-refractivity contribution >= 4 is 0 Å². The van der Waals surface area contributed by atoms with Crippen LogP contribution in [-0.2, 0) is 24.2 Å². The van der Waals surface area contributed by atoms with E-state index < -0.39 is 0 Å². The number of hydrogen-bond acceptors (Lipinski definition) is 4. The van der Waals surface area contributed by atoms with Crippen LogP contribution >= 0.6 is 0 Å². The molecule has 2 fully saturated rings. The third-order valence-electron chi connectivity index (χ3n) is 7.05. The van der Waals surface area contributed by atoms with Crippen LogP contribution in [0.3, 0.4) is 0 Å². The molecule has 0 unspecified atom stereocenters. The van der Waals surface area contributed by atoms with Crippen LogP contribution in [0.1, 0.15) is 79.4 Å². The molecular weight excluding hydrogens is 446 g/mol. The number of halogens is 2. The topological polar surface area (TPSA) is 55.2 Å². The second-order valence-corrected chi connectivity index (χ2v) is 9.52. The maximum absolute atomic E-state index is 13.5. The molecule has 5 rings (SSSR count). The Balaban J connectivity index is 0.000000179. The largest absolute Gasteiger partial charge is 0.393 e. The van der Waals surface area contributed by atoms with Crippen LogP contribution in [0.25, 0.3) is 0 Å². The molecule has 0 amide bonds. The number of pyridine rings is 2. The van der Waals surface area contributed by atoms with E-state index in [1.54, 1.807) is 0 Å². The summed E-state index contributed by atoms with van der Waals surface area (Å²) in [6.07, 6.45) is 7.65. The van der Waals surface area contributed by atoms with E-state index in [0.29, 0.717) is 37.4 Å². The lowest BCUT2D eigenvalue weighted by Gasteiger charge is -2.35. The average molecular weight is 481 g/mol. The molecule has 2 heterocycles. The monoisotopic (exact) mass is 480 g/mol. The molecular formula is C29H34F2N2O2. The minimum Gasteiger partial charge on any atom is -0.393 e. The van der Waals surface area contributed by atoms with E-state index in [4.69, 9.17) is 9.84 Å². The molecule has 0 radical (unpaired) electrons. The van der Waals surface area contributed by atoms with Crippen LogP contribution in [0.5, 0.6) is 0 Å². The molecule has 1 aromatic carbocycles. The van der Waals surface area contributed by atoms with Crippen molar-refractivity contribution in [3.05, 3.63) is 94.6 Å². The standard InChI is InChI=1S/C18H20FNO.C11H14FNO/c1-2-14-10-18(20-11-17(14)19)15-8-16(9-15)21-12-13-6-4-3-5-7-13;1-2-7-5-11(13-6-10(7)12)8-3-9(14)4-8/h3-7,10-11,15-16H,2,8-9,12H2,1H3;5-6,8-9,14H,2-4H2,1H3. The zero-order valence-corrected chi connectivity index (χ0v) is 20.5. The fraction of sp³-hybridized carbons (Fsp3) is 0.448. The van der Waals surface area contributed by atoms with Crippen molar-refractivity contribution in [3.8, 4) is 0 Å². The summed E-state index contributed by atoms with van der Waals surface area (Å²) >= 11 is 0. The van der Waals surface area contributed by atoms with Gasteiger partial charge < -0.3 is 9.84 Å². The summed E-state index contributed by atoms with van der Waals surface area (Å²) in [5, 5.41) is 9.16. The third-order valence-corrected chi connectivity index (χ3v) is 7.05. The van der Waals surface area contributed by atoms with Gasteiger partial charge in [0.25, 0.3) is 0 Å². The maximum atomic E-state index is 13.5. The molecule has 1 N–H and O–H groups in total. The number of aryl methyl sites for hydroxylation is 2. The first-order valence-corrected chi connectivity index (χ1v) is 12.6. The molecule has 0 saturated heterocycles. The Bertz CT molecular complexity index is 1100. The summed E-state index contributed by atoms with van der Waals surface area (Å²) in [6.45, 7) is 4.56. The van der Waals surface area contributed by atoms with Gasteiger partial charge in [0.1, 0.15) is 11.6 Å². The summed E-state index contributed by atoms with van der Waals surface area (Å²) in [6, 6.07) is 13.9. The molecule has 0 atom stereocenters. The predicted octanol–water partition coefficient (Wildman–Crippen LogP) is 6.27.